The first-order valence-electron chi connectivity index (χ1n) is 8.67. The molecule has 0 amide bonds. The van der Waals surface area contributed by atoms with Gasteiger partial charge < -0.3 is 14.9 Å². The first-order chi connectivity index (χ1) is 11.2. The lowest BCUT2D eigenvalue weighted by Gasteiger charge is -2.42. The van der Waals surface area contributed by atoms with E-state index in [1.54, 1.807) is 18.8 Å². The first kappa shape index (κ1) is 22.2. The van der Waals surface area contributed by atoms with Gasteiger partial charge in [-0.05, 0) is 39.5 Å². The van der Waals surface area contributed by atoms with E-state index in [0.29, 0.717) is 19.7 Å². The summed E-state index contributed by atoms with van der Waals surface area (Å²) in [6.45, 7) is 4.27. The Labute approximate surface area is 150 Å². The van der Waals surface area contributed by atoms with E-state index in [1.165, 1.54) is 0 Å². The van der Waals surface area contributed by atoms with Gasteiger partial charge in [0.15, 0.2) is 0 Å². The Hall–Kier alpha value is 0.160. The van der Waals surface area contributed by atoms with Gasteiger partial charge in [-0.2, -0.15) is 0 Å². The minimum atomic E-state index is -3.15. The van der Waals surface area contributed by atoms with Crippen molar-refractivity contribution in [2.24, 2.45) is 11.8 Å². The first-order valence-corrected chi connectivity index (χ1v) is 10.2. The molecule has 0 spiro atoms. The predicted octanol–water partition coefficient (Wildman–Crippen LogP) is 1.15. The van der Waals surface area contributed by atoms with Gasteiger partial charge in [0.05, 0.1) is 22.3 Å². The lowest BCUT2D eigenvalue weighted by Crippen LogP contribution is -2.41. The molecule has 0 aromatic heterocycles. The molecule has 1 rings (SSSR count). The highest BCUT2D eigenvalue weighted by molar-refractivity contribution is 7.53. The second-order valence-electron chi connectivity index (χ2n) is 7.21. The van der Waals surface area contributed by atoms with Crippen LogP contribution in [-0.4, -0.2) is 84.1 Å². The maximum atomic E-state index is 13.4. The van der Waals surface area contributed by atoms with Gasteiger partial charge in [0.2, 0.25) is 0 Å². The van der Waals surface area contributed by atoms with Gasteiger partial charge in [0.1, 0.15) is 0 Å². The van der Waals surface area contributed by atoms with Gasteiger partial charge in [0, 0.05) is 19.7 Å². The average molecular weight is 355 g/mol. The summed E-state index contributed by atoms with van der Waals surface area (Å²) in [7, 11) is 14.3. The van der Waals surface area contributed by atoms with Crippen LogP contribution in [0.2, 0.25) is 11.6 Å². The summed E-state index contributed by atoms with van der Waals surface area (Å²) in [5.74, 6) is 0.185. The maximum absolute atomic E-state index is 13.4. The Balaban J connectivity index is 2.69. The second kappa shape index (κ2) is 10.3. The molecule has 6 nitrogen and oxygen atoms in total. The van der Waals surface area contributed by atoms with Crippen molar-refractivity contribution in [2.45, 2.75) is 31.4 Å². The highest BCUT2D eigenvalue weighted by Gasteiger charge is 2.39. The van der Waals surface area contributed by atoms with Crippen LogP contribution in [0, 0.1) is 11.8 Å². The third kappa shape index (κ3) is 6.47. The molecule has 1 aliphatic rings. The van der Waals surface area contributed by atoms with Crippen LogP contribution in [0.3, 0.4) is 0 Å². The Morgan fingerprint density at radius 1 is 1.46 bits per heavy atom. The molecule has 1 aliphatic heterocycles. The average Bonchev–Trinajstić information content (AvgIpc) is 2.51. The van der Waals surface area contributed by atoms with Crippen molar-refractivity contribution in [1.29, 1.82) is 0 Å². The van der Waals surface area contributed by atoms with Crippen LogP contribution in [0.25, 0.3) is 0 Å². The number of aliphatic hydroxyl groups excluding tert-OH is 1. The minimum Gasteiger partial charge on any atom is -0.396 e. The molecule has 5 atom stereocenters. The van der Waals surface area contributed by atoms with Crippen LogP contribution < -0.4 is 5.32 Å². The van der Waals surface area contributed by atoms with E-state index in [-0.39, 0.29) is 30.1 Å². The van der Waals surface area contributed by atoms with Gasteiger partial charge in [0.25, 0.3) is 0 Å². The molecule has 0 aromatic rings. The fourth-order valence-corrected chi connectivity index (χ4v) is 5.37. The molecule has 1 heterocycles. The zero-order valence-electron chi connectivity index (χ0n) is 15.5. The van der Waals surface area contributed by atoms with E-state index >= 15 is 0 Å². The molecule has 0 saturated carbocycles. The number of hydrogen-bond donors (Lipinski definition) is 2. The van der Waals surface area contributed by atoms with Crippen LogP contribution in [0.1, 0.15) is 19.8 Å². The number of nitrogens with zero attached hydrogens (tertiary/aromatic N) is 2. The van der Waals surface area contributed by atoms with Crippen LogP contribution in [0.5, 0.6) is 0 Å². The topological polar surface area (TPSA) is 65.0 Å². The van der Waals surface area contributed by atoms with Crippen LogP contribution in [0.4, 0.5) is 0 Å². The standard InChI is InChI=1S/C15H32B2N3O3P/c1-12(5-14(16)7-18-2)11-23-24(22,19(3)4)20-8-13(10-21)6-15(17)9-20/h12-15,18,21H,5-11H2,1-4H3. The number of nitrogens with one attached hydrogen (secondary N) is 1. The highest BCUT2D eigenvalue weighted by Crippen LogP contribution is 2.55. The van der Waals surface area contributed by atoms with E-state index in [0.717, 1.165) is 19.4 Å². The summed E-state index contributed by atoms with van der Waals surface area (Å²) < 4.78 is 22.8. The van der Waals surface area contributed by atoms with Crippen molar-refractivity contribution in [3.05, 3.63) is 0 Å². The molecule has 4 radical (unpaired) electrons. The van der Waals surface area contributed by atoms with Crippen molar-refractivity contribution in [2.75, 3.05) is 54.0 Å². The molecule has 0 aliphatic carbocycles. The van der Waals surface area contributed by atoms with Crippen LogP contribution in [0.15, 0.2) is 0 Å². The number of piperidine rings is 1. The van der Waals surface area contributed by atoms with E-state index < -0.39 is 7.67 Å². The van der Waals surface area contributed by atoms with Gasteiger partial charge in [-0.3, -0.25) is 4.57 Å². The monoisotopic (exact) mass is 355 g/mol. The summed E-state index contributed by atoms with van der Waals surface area (Å²) in [6, 6.07) is 0. The molecule has 1 saturated heterocycles. The van der Waals surface area contributed by atoms with Gasteiger partial charge in [-0.1, -0.05) is 31.4 Å². The molecule has 1 fully saturated rings. The molecular weight excluding hydrogens is 323 g/mol. The number of hydrogen-bond acceptors (Lipinski definition) is 4. The molecule has 0 aromatic carbocycles. The van der Waals surface area contributed by atoms with Crippen molar-refractivity contribution in [3.8, 4) is 0 Å². The third-order valence-corrected chi connectivity index (χ3v) is 6.91. The van der Waals surface area contributed by atoms with E-state index in [2.05, 4.69) is 5.32 Å². The smallest absolute Gasteiger partial charge is 0.345 e. The zero-order valence-corrected chi connectivity index (χ0v) is 16.4. The quantitative estimate of drug-likeness (QED) is 0.453. The van der Waals surface area contributed by atoms with E-state index in [4.69, 9.17) is 20.2 Å². The Morgan fingerprint density at radius 3 is 2.67 bits per heavy atom. The summed E-state index contributed by atoms with van der Waals surface area (Å²) >= 11 is 0. The largest absolute Gasteiger partial charge is 0.396 e. The molecule has 24 heavy (non-hydrogen) atoms. The van der Waals surface area contributed by atoms with Crippen molar-refractivity contribution in [1.82, 2.24) is 14.7 Å². The fourth-order valence-electron chi connectivity index (χ4n) is 3.16. The molecule has 0 bridgehead atoms. The van der Waals surface area contributed by atoms with E-state index in [9.17, 15) is 9.67 Å². The third-order valence-electron chi connectivity index (χ3n) is 4.37. The SMILES string of the molecule is [B]C(CNC)CC(C)COP(=O)(N(C)C)N1CC([B])CC(CO)C1. The molecule has 136 valence electrons. The van der Waals surface area contributed by atoms with Gasteiger partial charge in [-0.15, -0.1) is 0 Å². The number of rotatable bonds is 10. The van der Waals surface area contributed by atoms with Crippen LogP contribution >= 0.6 is 7.67 Å². The zero-order chi connectivity index (χ0) is 18.3. The molecule has 5 unspecified atom stereocenters. The Morgan fingerprint density at radius 2 is 2.12 bits per heavy atom. The maximum Gasteiger partial charge on any atom is 0.345 e. The molecule has 2 N–H and O–H groups in total. The Kier molecular flexibility index (Phi) is 9.57. The summed E-state index contributed by atoms with van der Waals surface area (Å²) in [6.07, 6.45) is 1.54. The lowest BCUT2D eigenvalue weighted by atomic mass is 9.77. The van der Waals surface area contributed by atoms with Crippen LogP contribution in [-0.2, 0) is 9.09 Å². The minimum absolute atomic E-state index is 0.0344. The number of aliphatic hydroxyl groups is 1. The predicted molar refractivity (Wildman–Crippen MR) is 101 cm³/mol. The molecular formula is C15H32B2N3O3P. The summed E-state index contributed by atoms with van der Waals surface area (Å²) in [5.41, 5.74) is 0. The lowest BCUT2D eigenvalue weighted by molar-refractivity contribution is 0.134. The summed E-state index contributed by atoms with van der Waals surface area (Å²) in [5, 5.41) is 12.5. The second-order valence-corrected chi connectivity index (χ2v) is 9.81. The van der Waals surface area contributed by atoms with Crippen molar-refractivity contribution < 1.29 is 14.2 Å². The van der Waals surface area contributed by atoms with E-state index in [1.807, 2.05) is 18.6 Å². The van der Waals surface area contributed by atoms with Crippen molar-refractivity contribution >= 4 is 23.4 Å². The fraction of sp³-hybridized carbons (Fsp3) is 1.00. The Bertz CT molecular complexity index is 417. The summed E-state index contributed by atoms with van der Waals surface area (Å²) in [4.78, 5) is 0. The highest BCUT2D eigenvalue weighted by atomic mass is 31.2. The van der Waals surface area contributed by atoms with Crippen molar-refractivity contribution in [3.63, 3.8) is 0 Å². The van der Waals surface area contributed by atoms with Gasteiger partial charge >= 0.3 is 7.67 Å². The normalized spacial score (nSPS) is 27.8. The van der Waals surface area contributed by atoms with Gasteiger partial charge in [-0.25, -0.2) is 9.34 Å². The molecule has 9 heteroatoms.